The Bertz CT molecular complexity index is 662. The normalized spacial score (nSPS) is 19.6. The van der Waals surface area contributed by atoms with Gasteiger partial charge in [0.15, 0.2) is 5.56 Å². The van der Waals surface area contributed by atoms with Crippen molar-refractivity contribution in [2.45, 2.75) is 31.9 Å². The number of aromatic nitrogens is 2. The van der Waals surface area contributed by atoms with Crippen LogP contribution in [0.15, 0.2) is 9.59 Å². The zero-order valence-corrected chi connectivity index (χ0v) is 11.8. The Balaban J connectivity index is 2.43. The van der Waals surface area contributed by atoms with Gasteiger partial charge in [-0.1, -0.05) is 0 Å². The van der Waals surface area contributed by atoms with Crippen molar-refractivity contribution in [2.24, 2.45) is 14.1 Å². The summed E-state index contributed by atoms with van der Waals surface area (Å²) in [7, 11) is 2.89. The van der Waals surface area contributed by atoms with E-state index in [2.05, 4.69) is 5.32 Å². The summed E-state index contributed by atoms with van der Waals surface area (Å²) in [5.41, 5.74) is -1.10. The van der Waals surface area contributed by atoms with Gasteiger partial charge >= 0.3 is 5.69 Å². The minimum atomic E-state index is -0.586. The van der Waals surface area contributed by atoms with Crippen LogP contribution in [-0.2, 0) is 18.8 Å². The summed E-state index contributed by atoms with van der Waals surface area (Å²) in [6, 6.07) is 1.79. The molecule has 0 radical (unpaired) electrons. The summed E-state index contributed by atoms with van der Waals surface area (Å²) in [6.45, 7) is 2.64. The van der Waals surface area contributed by atoms with Crippen LogP contribution in [0, 0.1) is 11.3 Å². The molecule has 108 valence electrons. The molecule has 0 unspecified atom stereocenters. The van der Waals surface area contributed by atoms with E-state index in [1.807, 2.05) is 13.0 Å². The minimum absolute atomic E-state index is 0.0284. The lowest BCUT2D eigenvalue weighted by molar-refractivity contribution is 0.0994. The molecular formula is C13H18N4O3. The van der Waals surface area contributed by atoms with Gasteiger partial charge in [-0.25, -0.2) is 4.79 Å². The van der Waals surface area contributed by atoms with Crippen LogP contribution < -0.4 is 16.6 Å². The van der Waals surface area contributed by atoms with Gasteiger partial charge in [0.2, 0.25) is 0 Å². The molecule has 1 aliphatic heterocycles. The maximum Gasteiger partial charge on any atom is 0.332 e. The molecule has 1 aliphatic rings. The molecule has 0 aliphatic carbocycles. The molecule has 0 aromatic carbocycles. The fraction of sp³-hybridized carbons (Fsp3) is 0.615. The minimum Gasteiger partial charge on any atom is -0.376 e. The summed E-state index contributed by atoms with van der Waals surface area (Å²) in [4.78, 5) is 23.9. The van der Waals surface area contributed by atoms with Crippen LogP contribution in [0.4, 0.5) is 5.82 Å². The van der Waals surface area contributed by atoms with E-state index in [0.717, 1.165) is 24.0 Å². The second kappa shape index (κ2) is 5.51. The molecule has 1 aromatic rings. The maximum absolute atomic E-state index is 12.0. The van der Waals surface area contributed by atoms with E-state index in [9.17, 15) is 9.59 Å². The second-order valence-electron chi connectivity index (χ2n) is 5.03. The Morgan fingerprint density at radius 1 is 1.40 bits per heavy atom. The van der Waals surface area contributed by atoms with Gasteiger partial charge in [-0.15, -0.1) is 0 Å². The molecule has 0 saturated carbocycles. The van der Waals surface area contributed by atoms with Crippen LogP contribution in [0.1, 0.15) is 25.3 Å². The van der Waals surface area contributed by atoms with Gasteiger partial charge < -0.3 is 10.1 Å². The van der Waals surface area contributed by atoms with Crippen molar-refractivity contribution in [2.75, 3.05) is 11.9 Å². The monoisotopic (exact) mass is 278 g/mol. The molecule has 2 heterocycles. The largest absolute Gasteiger partial charge is 0.376 e. The Morgan fingerprint density at radius 3 is 2.65 bits per heavy atom. The quantitative estimate of drug-likeness (QED) is 0.836. The number of hydrogen-bond acceptors (Lipinski definition) is 5. The van der Waals surface area contributed by atoms with E-state index in [4.69, 9.17) is 10.00 Å². The highest BCUT2D eigenvalue weighted by Crippen LogP contribution is 2.19. The third kappa shape index (κ3) is 2.34. The average molecular weight is 278 g/mol. The molecule has 7 heteroatoms. The van der Waals surface area contributed by atoms with Crippen LogP contribution in [0.5, 0.6) is 0 Å². The molecular weight excluding hydrogens is 260 g/mol. The van der Waals surface area contributed by atoms with E-state index >= 15 is 0 Å². The summed E-state index contributed by atoms with van der Waals surface area (Å²) < 4.78 is 7.78. The van der Waals surface area contributed by atoms with E-state index < -0.39 is 11.2 Å². The summed E-state index contributed by atoms with van der Waals surface area (Å²) >= 11 is 0. The van der Waals surface area contributed by atoms with E-state index in [1.54, 1.807) is 0 Å². The summed E-state index contributed by atoms with van der Waals surface area (Å²) in [5.74, 6) is 0.253. The molecule has 2 atom stereocenters. The second-order valence-corrected chi connectivity index (χ2v) is 5.03. The van der Waals surface area contributed by atoms with Gasteiger partial charge in [0.05, 0.1) is 12.1 Å². The van der Waals surface area contributed by atoms with Gasteiger partial charge in [0.25, 0.3) is 5.56 Å². The number of nitrogens with one attached hydrogen (secondary N) is 1. The molecule has 0 spiro atoms. The first-order chi connectivity index (χ1) is 9.47. The molecule has 20 heavy (non-hydrogen) atoms. The standard InChI is InChI=1S/C13H18N4O3/c1-8(10-5-4-6-20-10)15-11-9(7-14)12(18)17(3)13(19)16(11)2/h8,10,15H,4-6H2,1-3H3/t8-,10-/m0/s1. The zero-order chi connectivity index (χ0) is 14.9. The predicted octanol–water partition coefficient (Wildman–Crippen LogP) is -0.0649. The van der Waals surface area contributed by atoms with Crippen LogP contribution in [0.25, 0.3) is 0 Å². The molecule has 1 N–H and O–H groups in total. The Hall–Kier alpha value is -2.07. The molecule has 1 fully saturated rings. The number of anilines is 1. The van der Waals surface area contributed by atoms with Crippen molar-refractivity contribution in [3.63, 3.8) is 0 Å². The van der Waals surface area contributed by atoms with Crippen molar-refractivity contribution in [1.82, 2.24) is 9.13 Å². The smallest absolute Gasteiger partial charge is 0.332 e. The molecule has 0 amide bonds. The van der Waals surface area contributed by atoms with Crippen molar-refractivity contribution < 1.29 is 4.74 Å². The predicted molar refractivity (Wildman–Crippen MR) is 73.7 cm³/mol. The molecule has 7 nitrogen and oxygen atoms in total. The Labute approximate surface area is 116 Å². The van der Waals surface area contributed by atoms with Crippen molar-refractivity contribution in [3.8, 4) is 6.07 Å². The number of hydrogen-bond donors (Lipinski definition) is 1. The van der Waals surface area contributed by atoms with Crippen molar-refractivity contribution in [1.29, 1.82) is 5.26 Å². The van der Waals surface area contributed by atoms with E-state index in [0.29, 0.717) is 0 Å². The van der Waals surface area contributed by atoms with E-state index in [1.165, 1.54) is 18.7 Å². The Kier molecular flexibility index (Phi) is 3.95. The number of nitriles is 1. The van der Waals surface area contributed by atoms with Crippen LogP contribution in [-0.4, -0.2) is 27.9 Å². The lowest BCUT2D eigenvalue weighted by Gasteiger charge is -2.23. The molecule has 0 bridgehead atoms. The number of rotatable bonds is 3. The van der Waals surface area contributed by atoms with Crippen molar-refractivity contribution in [3.05, 3.63) is 26.4 Å². The Morgan fingerprint density at radius 2 is 2.10 bits per heavy atom. The highest BCUT2D eigenvalue weighted by molar-refractivity contribution is 5.51. The number of ether oxygens (including phenoxy) is 1. The van der Waals surface area contributed by atoms with Gasteiger partial charge in [-0.05, 0) is 19.8 Å². The molecule has 1 aromatic heterocycles. The van der Waals surface area contributed by atoms with Gasteiger partial charge in [-0.3, -0.25) is 13.9 Å². The fourth-order valence-electron chi connectivity index (χ4n) is 2.42. The van der Waals surface area contributed by atoms with Crippen LogP contribution in [0.3, 0.4) is 0 Å². The summed E-state index contributed by atoms with van der Waals surface area (Å²) in [5, 5.41) is 12.2. The van der Waals surface area contributed by atoms with Crippen LogP contribution >= 0.6 is 0 Å². The topological polar surface area (TPSA) is 89.0 Å². The van der Waals surface area contributed by atoms with Crippen LogP contribution in [0.2, 0.25) is 0 Å². The summed E-state index contributed by atoms with van der Waals surface area (Å²) in [6.07, 6.45) is 1.95. The molecule has 1 saturated heterocycles. The third-order valence-corrected chi connectivity index (χ3v) is 3.66. The first-order valence-corrected chi connectivity index (χ1v) is 6.55. The molecule has 2 rings (SSSR count). The van der Waals surface area contributed by atoms with Crippen molar-refractivity contribution >= 4 is 5.82 Å². The lowest BCUT2D eigenvalue weighted by Crippen LogP contribution is -2.42. The first kappa shape index (κ1) is 14.3. The average Bonchev–Trinajstić information content (AvgIpc) is 2.97. The maximum atomic E-state index is 12.0. The van der Waals surface area contributed by atoms with Gasteiger partial charge in [0, 0.05) is 20.7 Å². The third-order valence-electron chi connectivity index (χ3n) is 3.66. The lowest BCUT2D eigenvalue weighted by atomic mass is 10.1. The van der Waals surface area contributed by atoms with Gasteiger partial charge in [0.1, 0.15) is 11.9 Å². The zero-order valence-electron chi connectivity index (χ0n) is 11.8. The first-order valence-electron chi connectivity index (χ1n) is 6.55. The fourth-order valence-corrected chi connectivity index (χ4v) is 2.42. The van der Waals surface area contributed by atoms with E-state index in [-0.39, 0.29) is 23.5 Å². The van der Waals surface area contributed by atoms with Gasteiger partial charge in [-0.2, -0.15) is 5.26 Å². The highest BCUT2D eigenvalue weighted by atomic mass is 16.5. The SMILES string of the molecule is C[C@H](Nc1c(C#N)c(=O)n(C)c(=O)n1C)[C@@H]1CCCO1. The number of nitrogens with zero attached hydrogens (tertiary/aromatic N) is 3. The highest BCUT2D eigenvalue weighted by Gasteiger charge is 2.25.